The van der Waals surface area contributed by atoms with Crippen LogP contribution in [0.15, 0.2) is 5.11 Å². The summed E-state index contributed by atoms with van der Waals surface area (Å²) in [4.78, 5) is 2.65. The molecule has 1 saturated heterocycles. The molecule has 1 rings (SSSR count). The summed E-state index contributed by atoms with van der Waals surface area (Å²) < 4.78 is 10.5. The fourth-order valence-corrected chi connectivity index (χ4v) is 1.54. The Morgan fingerprint density at radius 1 is 1.67 bits per heavy atom. The van der Waals surface area contributed by atoms with Gasteiger partial charge in [0.1, 0.15) is 6.10 Å². The molecule has 0 spiro atoms. The number of hydrogen-bond donors (Lipinski definition) is 2. The minimum Gasteiger partial charge on any atom is -0.394 e. The van der Waals surface area contributed by atoms with Gasteiger partial charge in [0.25, 0.3) is 0 Å². The van der Waals surface area contributed by atoms with Crippen molar-refractivity contribution in [2.75, 3.05) is 13.2 Å². The Bertz CT molecular complexity index is 244. The first-order valence-corrected chi connectivity index (χ1v) is 4.83. The first-order chi connectivity index (χ1) is 7.22. The van der Waals surface area contributed by atoms with E-state index in [1.165, 1.54) is 0 Å². The minimum absolute atomic E-state index is 0.301. The van der Waals surface area contributed by atoms with Crippen molar-refractivity contribution in [3.05, 3.63) is 10.4 Å². The molecular weight excluding hydrogens is 202 g/mol. The zero-order valence-electron chi connectivity index (χ0n) is 8.48. The highest BCUT2D eigenvalue weighted by Gasteiger charge is 2.37. The average Bonchev–Trinajstić information content (AvgIpc) is 2.23. The van der Waals surface area contributed by atoms with Crippen molar-refractivity contribution < 1.29 is 19.7 Å². The lowest BCUT2D eigenvalue weighted by Crippen LogP contribution is -2.49. The summed E-state index contributed by atoms with van der Waals surface area (Å²) in [5.74, 6) is 0. The van der Waals surface area contributed by atoms with Gasteiger partial charge in [0.05, 0.1) is 18.8 Å². The molecule has 1 aliphatic heterocycles. The molecule has 0 aromatic heterocycles. The monoisotopic (exact) mass is 217 g/mol. The maximum atomic E-state index is 9.64. The number of aliphatic hydroxyl groups is 2. The summed E-state index contributed by atoms with van der Waals surface area (Å²) in [5.41, 5.74) is 8.31. The lowest BCUT2D eigenvalue weighted by molar-refractivity contribution is -0.232. The van der Waals surface area contributed by atoms with Crippen molar-refractivity contribution >= 4 is 0 Å². The van der Waals surface area contributed by atoms with Gasteiger partial charge in [-0.15, -0.1) is 0 Å². The van der Waals surface area contributed by atoms with Crippen LogP contribution in [0.1, 0.15) is 13.3 Å². The van der Waals surface area contributed by atoms with E-state index < -0.39 is 24.5 Å². The van der Waals surface area contributed by atoms with Crippen LogP contribution in [-0.4, -0.2) is 48.0 Å². The second-order valence-corrected chi connectivity index (χ2v) is 3.24. The van der Waals surface area contributed by atoms with Crippen molar-refractivity contribution in [3.8, 4) is 0 Å². The van der Waals surface area contributed by atoms with Gasteiger partial charge in [-0.05, 0) is 12.5 Å². The van der Waals surface area contributed by atoms with Crippen molar-refractivity contribution in [1.29, 1.82) is 0 Å². The lowest BCUT2D eigenvalue weighted by atomic mass is 10.00. The van der Waals surface area contributed by atoms with Gasteiger partial charge in [-0.3, -0.25) is 0 Å². The molecule has 0 saturated carbocycles. The van der Waals surface area contributed by atoms with Crippen molar-refractivity contribution in [2.45, 2.75) is 37.9 Å². The van der Waals surface area contributed by atoms with E-state index in [4.69, 9.17) is 20.1 Å². The highest BCUT2D eigenvalue weighted by molar-refractivity contribution is 4.87. The molecule has 0 aromatic carbocycles. The summed E-state index contributed by atoms with van der Waals surface area (Å²) >= 11 is 0. The number of nitrogens with zero attached hydrogens (tertiary/aromatic N) is 3. The van der Waals surface area contributed by atoms with E-state index in [0.29, 0.717) is 13.0 Å². The van der Waals surface area contributed by atoms with Crippen LogP contribution in [0.25, 0.3) is 10.4 Å². The summed E-state index contributed by atoms with van der Waals surface area (Å²) in [5, 5.41) is 22.1. The van der Waals surface area contributed by atoms with Crippen LogP contribution >= 0.6 is 0 Å². The molecule has 2 N–H and O–H groups in total. The maximum Gasteiger partial charge on any atom is 0.158 e. The molecule has 15 heavy (non-hydrogen) atoms. The second-order valence-electron chi connectivity index (χ2n) is 3.24. The molecular formula is C8H15N3O4. The van der Waals surface area contributed by atoms with Crippen LogP contribution in [0.5, 0.6) is 0 Å². The number of aliphatic hydroxyl groups excluding tert-OH is 2. The molecule has 1 aliphatic rings. The van der Waals surface area contributed by atoms with Gasteiger partial charge in [0.2, 0.25) is 0 Å². The first-order valence-electron chi connectivity index (χ1n) is 4.83. The summed E-state index contributed by atoms with van der Waals surface area (Å²) in [6.07, 6.45) is -1.98. The number of rotatable bonds is 4. The van der Waals surface area contributed by atoms with Crippen LogP contribution in [-0.2, 0) is 9.47 Å². The quantitative estimate of drug-likeness (QED) is 0.397. The Morgan fingerprint density at radius 3 is 2.93 bits per heavy atom. The van der Waals surface area contributed by atoms with Gasteiger partial charge in [0.15, 0.2) is 6.29 Å². The third-order valence-corrected chi connectivity index (χ3v) is 2.27. The van der Waals surface area contributed by atoms with Crippen molar-refractivity contribution in [3.63, 3.8) is 0 Å². The van der Waals surface area contributed by atoms with E-state index in [1.54, 1.807) is 0 Å². The number of azide groups is 1. The van der Waals surface area contributed by atoms with Gasteiger partial charge >= 0.3 is 0 Å². The van der Waals surface area contributed by atoms with Gasteiger partial charge < -0.3 is 19.7 Å². The summed E-state index contributed by atoms with van der Waals surface area (Å²) in [6, 6.07) is -0.613. The van der Waals surface area contributed by atoms with Crippen molar-refractivity contribution in [2.24, 2.45) is 5.11 Å². The molecule has 1 heterocycles. The highest BCUT2D eigenvalue weighted by atomic mass is 16.7. The molecule has 0 amide bonds. The fraction of sp³-hybridized carbons (Fsp3) is 1.00. The van der Waals surface area contributed by atoms with Crippen molar-refractivity contribution in [1.82, 2.24) is 0 Å². The first kappa shape index (κ1) is 12.2. The number of ether oxygens (including phenoxy) is 2. The Morgan fingerprint density at radius 2 is 2.40 bits per heavy atom. The highest BCUT2D eigenvalue weighted by Crippen LogP contribution is 2.23. The standard InChI is InChI=1S/C8H15N3O4/c1-2-14-7-3-5(10-11-9)8(13)6(4-12)15-7/h5-8,12-13H,2-4H2,1H3/t5-,6-,7-,8+/m1/s1. The van der Waals surface area contributed by atoms with E-state index in [9.17, 15) is 5.11 Å². The largest absolute Gasteiger partial charge is 0.394 e. The topological polar surface area (TPSA) is 108 Å². The lowest BCUT2D eigenvalue weighted by Gasteiger charge is -2.36. The van der Waals surface area contributed by atoms with E-state index in [0.717, 1.165) is 0 Å². The predicted molar refractivity (Wildman–Crippen MR) is 50.9 cm³/mol. The van der Waals surface area contributed by atoms with Crippen LogP contribution in [0.2, 0.25) is 0 Å². The molecule has 4 atom stereocenters. The smallest absolute Gasteiger partial charge is 0.158 e. The van der Waals surface area contributed by atoms with Gasteiger partial charge in [0, 0.05) is 17.9 Å². The molecule has 0 unspecified atom stereocenters. The Balaban J connectivity index is 2.66. The van der Waals surface area contributed by atoms with Crippen LogP contribution in [0, 0.1) is 0 Å². The zero-order valence-corrected chi connectivity index (χ0v) is 8.48. The average molecular weight is 217 g/mol. The van der Waals surface area contributed by atoms with Gasteiger partial charge in [-0.1, -0.05) is 5.11 Å². The van der Waals surface area contributed by atoms with E-state index in [1.807, 2.05) is 6.92 Å². The minimum atomic E-state index is -0.984. The normalized spacial score (nSPS) is 35.9. The molecule has 1 fully saturated rings. The molecule has 0 aromatic rings. The Labute approximate surface area is 87.2 Å². The SMILES string of the molecule is CCO[C@H]1C[C@@H](N=[N+]=[N-])[C@H](O)[C@@H](CO)O1. The molecule has 7 nitrogen and oxygen atoms in total. The van der Waals surface area contributed by atoms with E-state index in [2.05, 4.69) is 10.0 Å². The van der Waals surface area contributed by atoms with Crippen LogP contribution in [0.4, 0.5) is 0 Å². The molecule has 0 radical (unpaired) electrons. The number of hydrogen-bond acceptors (Lipinski definition) is 5. The summed E-state index contributed by atoms with van der Waals surface area (Å²) in [7, 11) is 0. The zero-order chi connectivity index (χ0) is 11.3. The predicted octanol–water partition coefficient (Wildman–Crippen LogP) is 0.170. The molecule has 7 heteroatoms. The molecule has 0 bridgehead atoms. The van der Waals surface area contributed by atoms with E-state index in [-0.39, 0.29) is 6.61 Å². The Hall–Kier alpha value is -0.850. The maximum absolute atomic E-state index is 9.64. The molecule has 86 valence electrons. The third-order valence-electron chi connectivity index (χ3n) is 2.27. The Kier molecular flexibility index (Phi) is 4.80. The molecule has 0 aliphatic carbocycles. The van der Waals surface area contributed by atoms with E-state index >= 15 is 0 Å². The summed E-state index contributed by atoms with van der Waals surface area (Å²) in [6.45, 7) is 1.94. The van der Waals surface area contributed by atoms with Crippen LogP contribution in [0.3, 0.4) is 0 Å². The third kappa shape index (κ3) is 3.05. The van der Waals surface area contributed by atoms with Gasteiger partial charge in [-0.25, -0.2) is 0 Å². The second kappa shape index (κ2) is 5.89. The van der Waals surface area contributed by atoms with Gasteiger partial charge in [-0.2, -0.15) is 0 Å². The van der Waals surface area contributed by atoms with Crippen LogP contribution < -0.4 is 0 Å². The fourth-order valence-electron chi connectivity index (χ4n) is 1.54.